The summed E-state index contributed by atoms with van der Waals surface area (Å²) in [5.74, 6) is -0.201. The molecule has 1 aromatic heterocycles. The quantitative estimate of drug-likeness (QED) is 0.886. The second-order valence-corrected chi connectivity index (χ2v) is 7.90. The molecule has 0 amide bonds. The van der Waals surface area contributed by atoms with Gasteiger partial charge in [0.25, 0.3) is 15.6 Å². The summed E-state index contributed by atoms with van der Waals surface area (Å²) < 4.78 is 26.2. The summed E-state index contributed by atoms with van der Waals surface area (Å²) in [6.45, 7) is 3.58. The third kappa shape index (κ3) is 3.00. The summed E-state index contributed by atoms with van der Waals surface area (Å²) in [7, 11) is -3.79. The molecule has 9 heteroatoms. The van der Waals surface area contributed by atoms with Crippen molar-refractivity contribution in [3.63, 3.8) is 0 Å². The molecule has 1 aromatic carbocycles. The normalized spacial score (nSPS) is 13.3. The average Bonchev–Trinajstić information content (AvgIpc) is 2.70. The number of benzene rings is 1. The van der Waals surface area contributed by atoms with E-state index in [1.165, 1.54) is 0 Å². The molecule has 0 aliphatic carbocycles. The molecular formula is C14H17Cl2N3O3S. The molecule has 0 radical (unpaired) electrons. The predicted molar refractivity (Wildman–Crippen MR) is 93.8 cm³/mol. The van der Waals surface area contributed by atoms with Crippen LogP contribution in [0.4, 0.5) is 5.82 Å². The fraction of sp³-hybridized carbons (Fsp3) is 0.357. The number of halogens is 2. The number of aromatic nitrogens is 2. The Kier molecular flexibility index (Phi) is 4.84. The van der Waals surface area contributed by atoms with Gasteiger partial charge in [-0.05, 0) is 25.5 Å². The van der Waals surface area contributed by atoms with Crippen LogP contribution in [0.2, 0.25) is 10.0 Å². The number of hydrogen-bond acceptors (Lipinski definition) is 4. The van der Waals surface area contributed by atoms with Crippen molar-refractivity contribution >= 4 is 39.0 Å². The van der Waals surface area contributed by atoms with E-state index in [9.17, 15) is 13.2 Å². The number of hydrogen-bond donors (Lipinski definition) is 1. The molecule has 0 saturated heterocycles. The first kappa shape index (κ1) is 17.9. The minimum Gasteiger partial charge on any atom is -0.382 e. The Labute approximate surface area is 144 Å². The van der Waals surface area contributed by atoms with E-state index in [4.69, 9.17) is 28.9 Å². The van der Waals surface area contributed by atoms with Gasteiger partial charge >= 0.3 is 0 Å². The van der Waals surface area contributed by atoms with Gasteiger partial charge in [0.05, 0.1) is 27.9 Å². The number of anilines is 1. The average molecular weight is 378 g/mol. The third-order valence-corrected chi connectivity index (χ3v) is 5.25. The van der Waals surface area contributed by atoms with E-state index < -0.39 is 15.6 Å². The van der Waals surface area contributed by atoms with Gasteiger partial charge in [-0.1, -0.05) is 36.2 Å². The van der Waals surface area contributed by atoms with Crippen molar-refractivity contribution in [1.82, 2.24) is 8.77 Å². The Bertz CT molecular complexity index is 896. The zero-order valence-corrected chi connectivity index (χ0v) is 15.2. The maximum atomic E-state index is 12.8. The van der Waals surface area contributed by atoms with Crippen molar-refractivity contribution < 1.29 is 8.42 Å². The Morgan fingerprint density at radius 1 is 1.22 bits per heavy atom. The lowest BCUT2D eigenvalue weighted by molar-refractivity contribution is 0.438. The molecule has 6 nitrogen and oxygen atoms in total. The van der Waals surface area contributed by atoms with Gasteiger partial charge < -0.3 is 5.73 Å². The fourth-order valence-corrected chi connectivity index (χ4v) is 3.97. The summed E-state index contributed by atoms with van der Waals surface area (Å²) in [6.07, 6.45) is 1.54. The summed E-state index contributed by atoms with van der Waals surface area (Å²) in [6, 6.07) is 4.39. The molecule has 1 unspecified atom stereocenters. The summed E-state index contributed by atoms with van der Waals surface area (Å²) in [5, 5.41) is 0.450. The molecule has 0 spiro atoms. The highest BCUT2D eigenvalue weighted by Gasteiger charge is 2.28. The molecule has 0 fully saturated rings. The summed E-state index contributed by atoms with van der Waals surface area (Å²) in [4.78, 5) is 12.8. The topological polar surface area (TPSA) is 87.1 Å². The third-order valence-electron chi connectivity index (χ3n) is 3.62. The van der Waals surface area contributed by atoms with Gasteiger partial charge in [-0.2, -0.15) is 4.09 Å². The van der Waals surface area contributed by atoms with Crippen LogP contribution in [0.25, 0.3) is 11.1 Å². The number of rotatable bonds is 4. The van der Waals surface area contributed by atoms with Crippen LogP contribution >= 0.6 is 23.2 Å². The Morgan fingerprint density at radius 3 is 2.17 bits per heavy atom. The van der Waals surface area contributed by atoms with Crippen LogP contribution in [0.5, 0.6) is 0 Å². The molecule has 0 bridgehead atoms. The lowest BCUT2D eigenvalue weighted by Crippen LogP contribution is -2.30. The van der Waals surface area contributed by atoms with E-state index in [0.29, 0.717) is 6.42 Å². The highest BCUT2D eigenvalue weighted by atomic mass is 35.5. The molecule has 23 heavy (non-hydrogen) atoms. The molecule has 126 valence electrons. The van der Waals surface area contributed by atoms with Gasteiger partial charge in [0, 0.05) is 5.56 Å². The maximum Gasteiger partial charge on any atom is 0.278 e. The van der Waals surface area contributed by atoms with E-state index in [2.05, 4.69) is 0 Å². The lowest BCUT2D eigenvalue weighted by atomic mass is 10.1. The van der Waals surface area contributed by atoms with Crippen LogP contribution in [0.3, 0.4) is 0 Å². The number of nitrogen functional groups attached to an aromatic ring is 1. The van der Waals surface area contributed by atoms with Crippen molar-refractivity contribution in [3.8, 4) is 11.1 Å². The zero-order valence-electron chi connectivity index (χ0n) is 12.9. The molecule has 0 aliphatic rings. The second kappa shape index (κ2) is 6.22. The van der Waals surface area contributed by atoms with Crippen molar-refractivity contribution in [2.45, 2.75) is 26.3 Å². The highest BCUT2D eigenvalue weighted by molar-refractivity contribution is 7.89. The SMILES string of the molecule is CCC(C)n1c(=O)c(-c2c(Cl)cccc2Cl)c(N)n1S(C)(=O)=O. The van der Waals surface area contributed by atoms with E-state index in [-0.39, 0.29) is 33.0 Å². The molecule has 2 aromatic rings. The van der Waals surface area contributed by atoms with Crippen LogP contribution in [0.1, 0.15) is 26.3 Å². The second-order valence-electron chi connectivity index (χ2n) is 5.27. The van der Waals surface area contributed by atoms with Crippen molar-refractivity contribution in [3.05, 3.63) is 38.6 Å². The number of nitrogens with zero attached hydrogens (tertiary/aromatic N) is 2. The maximum absolute atomic E-state index is 12.8. The standard InChI is InChI=1S/C14H17Cl2N3O3S/c1-4-8(2)18-14(20)12(13(17)19(18)23(3,21)22)11-9(15)6-5-7-10(11)16/h5-8H,4,17H2,1-3H3. The molecule has 2 N–H and O–H groups in total. The molecule has 1 atom stereocenters. The first-order valence-electron chi connectivity index (χ1n) is 6.89. The van der Waals surface area contributed by atoms with Crippen molar-refractivity contribution in [2.24, 2.45) is 0 Å². The number of nitrogens with two attached hydrogens (primary N) is 1. The largest absolute Gasteiger partial charge is 0.382 e. The molecule has 0 aliphatic heterocycles. The molecule has 2 rings (SSSR count). The zero-order chi connectivity index (χ0) is 17.5. The smallest absolute Gasteiger partial charge is 0.278 e. The first-order chi connectivity index (χ1) is 10.6. The summed E-state index contributed by atoms with van der Waals surface area (Å²) in [5.41, 5.74) is 5.68. The molecule has 1 heterocycles. The van der Waals surface area contributed by atoms with E-state index in [1.807, 2.05) is 6.92 Å². The lowest BCUT2D eigenvalue weighted by Gasteiger charge is -2.15. The van der Waals surface area contributed by atoms with Crippen LogP contribution < -0.4 is 11.3 Å². The molecular weight excluding hydrogens is 361 g/mol. The Morgan fingerprint density at radius 2 is 1.74 bits per heavy atom. The van der Waals surface area contributed by atoms with Crippen LogP contribution in [-0.4, -0.2) is 23.4 Å². The Hall–Kier alpha value is -1.44. The van der Waals surface area contributed by atoms with Gasteiger partial charge in [0.2, 0.25) is 0 Å². The van der Waals surface area contributed by atoms with Crippen molar-refractivity contribution in [2.75, 3.05) is 12.0 Å². The van der Waals surface area contributed by atoms with Gasteiger partial charge in [-0.25, -0.2) is 13.1 Å². The van der Waals surface area contributed by atoms with Crippen LogP contribution in [0.15, 0.2) is 23.0 Å². The highest BCUT2D eigenvalue weighted by Crippen LogP contribution is 2.36. The van der Waals surface area contributed by atoms with Gasteiger partial charge in [-0.3, -0.25) is 4.79 Å². The van der Waals surface area contributed by atoms with Gasteiger partial charge in [0.15, 0.2) is 0 Å². The fourth-order valence-electron chi connectivity index (χ4n) is 2.38. The van der Waals surface area contributed by atoms with Crippen molar-refractivity contribution in [1.29, 1.82) is 0 Å². The van der Waals surface area contributed by atoms with E-state index in [0.717, 1.165) is 15.0 Å². The van der Waals surface area contributed by atoms with Gasteiger partial charge in [-0.15, -0.1) is 0 Å². The van der Waals surface area contributed by atoms with Crippen LogP contribution in [-0.2, 0) is 10.0 Å². The minimum absolute atomic E-state index is 0.00803. The summed E-state index contributed by atoms with van der Waals surface area (Å²) >= 11 is 12.3. The molecule has 0 saturated carbocycles. The minimum atomic E-state index is -3.79. The van der Waals surface area contributed by atoms with Gasteiger partial charge in [0.1, 0.15) is 5.82 Å². The van der Waals surface area contributed by atoms with E-state index >= 15 is 0 Å². The first-order valence-corrected chi connectivity index (χ1v) is 9.49. The van der Waals surface area contributed by atoms with Crippen LogP contribution in [0, 0.1) is 0 Å². The van der Waals surface area contributed by atoms with E-state index in [1.54, 1.807) is 25.1 Å². The monoisotopic (exact) mass is 377 g/mol. The predicted octanol–water partition coefficient (Wildman–Crippen LogP) is 2.98. The Balaban J connectivity index is 2.99.